The summed E-state index contributed by atoms with van der Waals surface area (Å²) >= 11 is 0. The molecule has 0 bridgehead atoms. The highest BCUT2D eigenvalue weighted by atomic mass is 16.1. The van der Waals surface area contributed by atoms with Gasteiger partial charge in [-0.05, 0) is 20.9 Å². The van der Waals surface area contributed by atoms with Crippen LogP contribution in [0.25, 0.3) is 0 Å². The first kappa shape index (κ1) is 9.68. The molecule has 70 valence electrons. The van der Waals surface area contributed by atoms with Crippen molar-refractivity contribution >= 4 is 5.78 Å². The number of nitrogens with one attached hydrogen (secondary N) is 1. The molecule has 1 rings (SSSR count). The van der Waals surface area contributed by atoms with Crippen molar-refractivity contribution in [1.82, 2.24) is 10.2 Å². The Morgan fingerprint density at radius 1 is 1.67 bits per heavy atom. The zero-order valence-electron chi connectivity index (χ0n) is 8.13. The molecule has 1 aliphatic rings. The van der Waals surface area contributed by atoms with Crippen LogP contribution in [0.4, 0.5) is 0 Å². The molecule has 2 unspecified atom stereocenters. The second kappa shape index (κ2) is 4.01. The average molecular weight is 170 g/mol. The minimum atomic E-state index is 0.280. The van der Waals surface area contributed by atoms with Crippen LogP contribution in [-0.4, -0.2) is 42.9 Å². The number of piperazine rings is 1. The molecule has 0 aromatic rings. The zero-order chi connectivity index (χ0) is 9.14. The third-order valence-electron chi connectivity index (χ3n) is 2.57. The highest BCUT2D eigenvalue weighted by Crippen LogP contribution is 2.10. The number of hydrogen-bond acceptors (Lipinski definition) is 3. The Bertz CT molecular complexity index is 160. The van der Waals surface area contributed by atoms with Gasteiger partial charge in [0.1, 0.15) is 5.78 Å². The number of Topliss-reactive ketones (excluding diaryl/α,β-unsaturated/α-hetero) is 1. The Balaban J connectivity index is 2.50. The van der Waals surface area contributed by atoms with Crippen LogP contribution in [0, 0.1) is 0 Å². The standard InChI is InChI=1S/C9H18N2O/c1-7(12)6-9-8(2)10-4-5-11(9)3/h8-10H,4-6H2,1-3H3. The normalized spacial score (nSPS) is 31.9. The van der Waals surface area contributed by atoms with E-state index in [0.717, 1.165) is 13.1 Å². The molecule has 0 radical (unpaired) electrons. The van der Waals surface area contributed by atoms with Crippen LogP contribution in [0.1, 0.15) is 20.3 Å². The van der Waals surface area contributed by atoms with E-state index in [0.29, 0.717) is 18.5 Å². The van der Waals surface area contributed by atoms with E-state index >= 15 is 0 Å². The molecule has 0 aromatic carbocycles. The maximum Gasteiger partial charge on any atom is 0.131 e. The van der Waals surface area contributed by atoms with Gasteiger partial charge in [0, 0.05) is 31.6 Å². The molecule has 0 amide bonds. The second-order valence-corrected chi connectivity index (χ2v) is 3.70. The summed E-state index contributed by atoms with van der Waals surface area (Å²) in [6, 6.07) is 0.823. The number of ketones is 1. The zero-order valence-corrected chi connectivity index (χ0v) is 8.13. The van der Waals surface area contributed by atoms with Crippen LogP contribution in [0.15, 0.2) is 0 Å². The summed E-state index contributed by atoms with van der Waals surface area (Å²) in [5.74, 6) is 0.280. The fraction of sp³-hybridized carbons (Fsp3) is 0.889. The molecule has 1 fully saturated rings. The Labute approximate surface area is 74.1 Å². The van der Waals surface area contributed by atoms with Crippen LogP contribution >= 0.6 is 0 Å². The molecule has 0 aliphatic carbocycles. The number of likely N-dealkylation sites (N-methyl/N-ethyl adjacent to an activating group) is 1. The van der Waals surface area contributed by atoms with E-state index in [1.165, 1.54) is 0 Å². The van der Waals surface area contributed by atoms with Gasteiger partial charge in [0.25, 0.3) is 0 Å². The van der Waals surface area contributed by atoms with Crippen molar-refractivity contribution in [3.8, 4) is 0 Å². The van der Waals surface area contributed by atoms with Gasteiger partial charge in [-0.1, -0.05) is 0 Å². The van der Waals surface area contributed by atoms with Gasteiger partial charge in [0.05, 0.1) is 0 Å². The fourth-order valence-corrected chi connectivity index (χ4v) is 1.78. The average Bonchev–Trinajstić information content (AvgIpc) is 1.97. The van der Waals surface area contributed by atoms with Crippen molar-refractivity contribution in [2.75, 3.05) is 20.1 Å². The lowest BCUT2D eigenvalue weighted by atomic mass is 10.0. The van der Waals surface area contributed by atoms with Crippen molar-refractivity contribution in [2.45, 2.75) is 32.4 Å². The molecule has 3 heteroatoms. The summed E-state index contributed by atoms with van der Waals surface area (Å²) in [6.07, 6.45) is 0.671. The van der Waals surface area contributed by atoms with Gasteiger partial charge in [-0.2, -0.15) is 0 Å². The van der Waals surface area contributed by atoms with E-state index in [-0.39, 0.29) is 5.78 Å². The third kappa shape index (κ3) is 2.29. The van der Waals surface area contributed by atoms with Gasteiger partial charge in [0.2, 0.25) is 0 Å². The summed E-state index contributed by atoms with van der Waals surface area (Å²) in [6.45, 7) is 5.88. The van der Waals surface area contributed by atoms with E-state index < -0.39 is 0 Å². The lowest BCUT2D eigenvalue weighted by Crippen LogP contribution is -2.55. The minimum Gasteiger partial charge on any atom is -0.311 e. The van der Waals surface area contributed by atoms with Gasteiger partial charge < -0.3 is 10.2 Å². The van der Waals surface area contributed by atoms with Crippen LogP contribution in [0.5, 0.6) is 0 Å². The van der Waals surface area contributed by atoms with Crippen molar-refractivity contribution in [2.24, 2.45) is 0 Å². The first-order chi connectivity index (χ1) is 5.61. The van der Waals surface area contributed by atoms with Gasteiger partial charge in [0.15, 0.2) is 0 Å². The summed E-state index contributed by atoms with van der Waals surface area (Å²) in [7, 11) is 2.09. The van der Waals surface area contributed by atoms with Crippen molar-refractivity contribution in [3.63, 3.8) is 0 Å². The number of carbonyl (C=O) groups excluding carboxylic acids is 1. The Morgan fingerprint density at radius 3 is 2.83 bits per heavy atom. The van der Waals surface area contributed by atoms with Gasteiger partial charge >= 0.3 is 0 Å². The van der Waals surface area contributed by atoms with Gasteiger partial charge in [-0.15, -0.1) is 0 Å². The van der Waals surface area contributed by atoms with E-state index in [1.807, 2.05) is 0 Å². The van der Waals surface area contributed by atoms with Crippen LogP contribution in [0.3, 0.4) is 0 Å². The molecule has 1 aliphatic heterocycles. The number of carbonyl (C=O) groups is 1. The van der Waals surface area contributed by atoms with Gasteiger partial charge in [-0.3, -0.25) is 4.79 Å². The summed E-state index contributed by atoms with van der Waals surface area (Å²) in [5.41, 5.74) is 0. The molecule has 1 heterocycles. The quantitative estimate of drug-likeness (QED) is 0.645. The Hall–Kier alpha value is -0.410. The van der Waals surface area contributed by atoms with Crippen molar-refractivity contribution in [1.29, 1.82) is 0 Å². The molecular weight excluding hydrogens is 152 g/mol. The largest absolute Gasteiger partial charge is 0.311 e. The maximum atomic E-state index is 10.9. The highest BCUT2D eigenvalue weighted by Gasteiger charge is 2.25. The summed E-state index contributed by atoms with van der Waals surface area (Å²) in [5, 5.41) is 3.37. The molecule has 3 nitrogen and oxygen atoms in total. The van der Waals surface area contributed by atoms with Gasteiger partial charge in [-0.25, -0.2) is 0 Å². The number of rotatable bonds is 2. The lowest BCUT2D eigenvalue weighted by Gasteiger charge is -2.37. The van der Waals surface area contributed by atoms with Crippen LogP contribution in [-0.2, 0) is 4.79 Å². The molecule has 0 spiro atoms. The monoisotopic (exact) mass is 170 g/mol. The van der Waals surface area contributed by atoms with E-state index in [4.69, 9.17) is 0 Å². The molecule has 0 aromatic heterocycles. The van der Waals surface area contributed by atoms with Crippen LogP contribution in [0.2, 0.25) is 0 Å². The highest BCUT2D eigenvalue weighted by molar-refractivity contribution is 5.76. The lowest BCUT2D eigenvalue weighted by molar-refractivity contribution is -0.118. The maximum absolute atomic E-state index is 10.9. The van der Waals surface area contributed by atoms with Crippen LogP contribution < -0.4 is 5.32 Å². The predicted molar refractivity (Wildman–Crippen MR) is 49.2 cm³/mol. The van der Waals surface area contributed by atoms with E-state index in [2.05, 4.69) is 24.2 Å². The molecule has 1 saturated heterocycles. The summed E-state index contributed by atoms with van der Waals surface area (Å²) < 4.78 is 0. The predicted octanol–water partition coefficient (Wildman–Crippen LogP) is 0.258. The summed E-state index contributed by atoms with van der Waals surface area (Å²) in [4.78, 5) is 13.2. The SMILES string of the molecule is CC(=O)CC1C(C)NCCN1C. The smallest absolute Gasteiger partial charge is 0.131 e. The fourth-order valence-electron chi connectivity index (χ4n) is 1.78. The molecule has 2 atom stereocenters. The topological polar surface area (TPSA) is 32.3 Å². The first-order valence-corrected chi connectivity index (χ1v) is 4.54. The van der Waals surface area contributed by atoms with E-state index in [1.54, 1.807) is 6.92 Å². The van der Waals surface area contributed by atoms with E-state index in [9.17, 15) is 4.79 Å². The molecule has 12 heavy (non-hydrogen) atoms. The van der Waals surface area contributed by atoms with Crippen molar-refractivity contribution < 1.29 is 4.79 Å². The first-order valence-electron chi connectivity index (χ1n) is 4.54. The number of nitrogens with zero attached hydrogens (tertiary/aromatic N) is 1. The minimum absolute atomic E-state index is 0.280. The Kier molecular flexibility index (Phi) is 3.23. The Morgan fingerprint density at radius 2 is 2.33 bits per heavy atom. The van der Waals surface area contributed by atoms with Crippen molar-refractivity contribution in [3.05, 3.63) is 0 Å². The molecule has 0 saturated carbocycles. The third-order valence-corrected chi connectivity index (χ3v) is 2.57. The molecular formula is C9H18N2O. The molecule has 1 N–H and O–H groups in total. The number of hydrogen-bond donors (Lipinski definition) is 1. The second-order valence-electron chi connectivity index (χ2n) is 3.70.